The van der Waals surface area contributed by atoms with Crippen molar-refractivity contribution in [3.63, 3.8) is 0 Å². The number of nitrogens with one attached hydrogen (secondary N) is 1. The zero-order valence-electron chi connectivity index (χ0n) is 11.7. The van der Waals surface area contributed by atoms with Crippen LogP contribution >= 0.6 is 11.6 Å². The lowest BCUT2D eigenvalue weighted by Crippen LogP contribution is -2.34. The molecule has 0 saturated heterocycles. The SMILES string of the molecule is CC(C)(C)OC(=O)NCCOc1cc(Cl)ccc1C=O. The lowest BCUT2D eigenvalue weighted by Gasteiger charge is -2.19. The average molecular weight is 300 g/mol. The van der Waals surface area contributed by atoms with E-state index < -0.39 is 11.7 Å². The fourth-order valence-electron chi connectivity index (χ4n) is 1.36. The first kappa shape index (κ1) is 16.3. The Labute approximate surface area is 123 Å². The van der Waals surface area contributed by atoms with E-state index in [9.17, 15) is 9.59 Å². The highest BCUT2D eigenvalue weighted by Crippen LogP contribution is 2.21. The Morgan fingerprint density at radius 1 is 1.40 bits per heavy atom. The van der Waals surface area contributed by atoms with E-state index in [1.165, 1.54) is 0 Å². The monoisotopic (exact) mass is 299 g/mol. The molecule has 0 radical (unpaired) electrons. The molecule has 20 heavy (non-hydrogen) atoms. The predicted octanol–water partition coefficient (Wildman–Crippen LogP) is 3.06. The molecule has 0 unspecified atom stereocenters. The van der Waals surface area contributed by atoms with Crippen molar-refractivity contribution in [1.29, 1.82) is 0 Å². The molecule has 1 rings (SSSR count). The van der Waals surface area contributed by atoms with Crippen LogP contribution in [0.25, 0.3) is 0 Å². The van der Waals surface area contributed by atoms with Crippen molar-refractivity contribution in [2.75, 3.05) is 13.2 Å². The van der Waals surface area contributed by atoms with Gasteiger partial charge >= 0.3 is 6.09 Å². The quantitative estimate of drug-likeness (QED) is 0.670. The summed E-state index contributed by atoms with van der Waals surface area (Å²) in [6.45, 7) is 5.82. The highest BCUT2D eigenvalue weighted by atomic mass is 35.5. The molecular formula is C14H18ClNO4. The van der Waals surface area contributed by atoms with Crippen molar-refractivity contribution < 1.29 is 19.1 Å². The molecule has 0 aliphatic carbocycles. The maximum atomic E-state index is 11.4. The Kier molecular flexibility index (Phi) is 5.82. The number of aldehydes is 1. The number of benzene rings is 1. The molecule has 110 valence electrons. The summed E-state index contributed by atoms with van der Waals surface area (Å²) in [5.74, 6) is 0.387. The van der Waals surface area contributed by atoms with E-state index in [1.54, 1.807) is 39.0 Å². The van der Waals surface area contributed by atoms with Gasteiger partial charge in [-0.1, -0.05) is 11.6 Å². The number of halogens is 1. The third-order valence-electron chi connectivity index (χ3n) is 2.13. The summed E-state index contributed by atoms with van der Waals surface area (Å²) in [5, 5.41) is 3.03. The first-order chi connectivity index (χ1) is 9.31. The largest absolute Gasteiger partial charge is 0.491 e. The van der Waals surface area contributed by atoms with Crippen LogP contribution in [0.3, 0.4) is 0 Å². The second-order valence-electron chi connectivity index (χ2n) is 5.08. The number of carbonyl (C=O) groups is 2. The molecule has 5 nitrogen and oxygen atoms in total. The second-order valence-corrected chi connectivity index (χ2v) is 5.51. The fraction of sp³-hybridized carbons (Fsp3) is 0.429. The van der Waals surface area contributed by atoms with E-state index in [-0.39, 0.29) is 13.2 Å². The molecule has 1 aromatic carbocycles. The molecule has 0 aliphatic heterocycles. The van der Waals surface area contributed by atoms with Crippen LogP contribution in [0.1, 0.15) is 31.1 Å². The number of rotatable bonds is 5. The van der Waals surface area contributed by atoms with E-state index in [0.29, 0.717) is 22.6 Å². The van der Waals surface area contributed by atoms with E-state index >= 15 is 0 Å². The Morgan fingerprint density at radius 2 is 2.10 bits per heavy atom. The number of alkyl carbamates (subject to hydrolysis) is 1. The molecule has 6 heteroatoms. The maximum absolute atomic E-state index is 11.4. The van der Waals surface area contributed by atoms with Gasteiger partial charge < -0.3 is 14.8 Å². The number of carbonyl (C=O) groups excluding carboxylic acids is 2. The Hall–Kier alpha value is -1.75. The number of amides is 1. The van der Waals surface area contributed by atoms with Gasteiger partial charge in [-0.15, -0.1) is 0 Å². The second kappa shape index (κ2) is 7.14. The number of hydrogen-bond donors (Lipinski definition) is 1. The molecule has 1 amide bonds. The molecule has 0 saturated carbocycles. The molecule has 0 heterocycles. The third-order valence-corrected chi connectivity index (χ3v) is 2.37. The van der Waals surface area contributed by atoms with E-state index in [1.807, 2.05) is 0 Å². The van der Waals surface area contributed by atoms with Gasteiger partial charge in [-0.05, 0) is 39.0 Å². The highest BCUT2D eigenvalue weighted by molar-refractivity contribution is 6.30. The minimum atomic E-state index is -0.539. The van der Waals surface area contributed by atoms with Crippen molar-refractivity contribution in [2.45, 2.75) is 26.4 Å². The zero-order valence-corrected chi connectivity index (χ0v) is 12.5. The van der Waals surface area contributed by atoms with Crippen LogP contribution in [0.4, 0.5) is 4.79 Å². The number of hydrogen-bond acceptors (Lipinski definition) is 4. The summed E-state index contributed by atoms with van der Waals surface area (Å²) < 4.78 is 10.5. The van der Waals surface area contributed by atoms with Crippen LogP contribution in [0.5, 0.6) is 5.75 Å². The molecule has 0 bridgehead atoms. The summed E-state index contributed by atoms with van der Waals surface area (Å²) in [4.78, 5) is 22.2. The molecule has 0 aliphatic rings. The van der Waals surface area contributed by atoms with Gasteiger partial charge in [0.1, 0.15) is 18.0 Å². The maximum Gasteiger partial charge on any atom is 0.407 e. The lowest BCUT2D eigenvalue weighted by molar-refractivity contribution is 0.0520. The van der Waals surface area contributed by atoms with Crippen LogP contribution < -0.4 is 10.1 Å². The summed E-state index contributed by atoms with van der Waals surface area (Å²) in [5.41, 5.74) is -0.130. The van der Waals surface area contributed by atoms with E-state index in [0.717, 1.165) is 0 Å². The molecule has 0 fully saturated rings. The van der Waals surface area contributed by atoms with Crippen molar-refractivity contribution in [3.8, 4) is 5.75 Å². The topological polar surface area (TPSA) is 64.6 Å². The van der Waals surface area contributed by atoms with Gasteiger partial charge in [-0.3, -0.25) is 4.79 Å². The van der Waals surface area contributed by atoms with Gasteiger partial charge in [0.25, 0.3) is 0 Å². The summed E-state index contributed by atoms with van der Waals surface area (Å²) in [6.07, 6.45) is 0.176. The first-order valence-electron chi connectivity index (χ1n) is 6.16. The Bertz CT molecular complexity index is 483. The Morgan fingerprint density at radius 3 is 2.70 bits per heavy atom. The highest BCUT2D eigenvalue weighted by Gasteiger charge is 2.15. The molecule has 0 aromatic heterocycles. The molecule has 0 spiro atoms. The van der Waals surface area contributed by atoms with Crippen molar-refractivity contribution >= 4 is 24.0 Å². The third kappa shape index (κ3) is 5.93. The minimum Gasteiger partial charge on any atom is -0.491 e. The average Bonchev–Trinajstić information content (AvgIpc) is 2.33. The summed E-state index contributed by atoms with van der Waals surface area (Å²) >= 11 is 5.82. The van der Waals surface area contributed by atoms with Crippen molar-refractivity contribution in [1.82, 2.24) is 5.32 Å². The Balaban J connectivity index is 2.40. The van der Waals surface area contributed by atoms with Crippen LogP contribution in [-0.2, 0) is 4.74 Å². The minimum absolute atomic E-state index is 0.209. The lowest BCUT2D eigenvalue weighted by atomic mass is 10.2. The molecule has 1 aromatic rings. The molecular weight excluding hydrogens is 282 g/mol. The van der Waals surface area contributed by atoms with Crippen molar-refractivity contribution in [2.24, 2.45) is 0 Å². The molecule has 0 atom stereocenters. The van der Waals surface area contributed by atoms with Crippen LogP contribution in [0, 0.1) is 0 Å². The summed E-state index contributed by atoms with van der Waals surface area (Å²) in [6, 6.07) is 4.74. The predicted molar refractivity (Wildman–Crippen MR) is 76.6 cm³/mol. The van der Waals surface area contributed by atoms with E-state index in [2.05, 4.69) is 5.32 Å². The van der Waals surface area contributed by atoms with Crippen LogP contribution in [0.2, 0.25) is 5.02 Å². The van der Waals surface area contributed by atoms with Gasteiger partial charge in [-0.2, -0.15) is 0 Å². The van der Waals surface area contributed by atoms with Gasteiger partial charge in [0.2, 0.25) is 0 Å². The summed E-state index contributed by atoms with van der Waals surface area (Å²) in [7, 11) is 0. The normalized spacial score (nSPS) is 10.8. The zero-order chi connectivity index (χ0) is 15.2. The van der Waals surface area contributed by atoms with Gasteiger partial charge in [0.05, 0.1) is 12.1 Å². The number of ether oxygens (including phenoxy) is 2. The van der Waals surface area contributed by atoms with Gasteiger partial charge in [0, 0.05) is 5.02 Å². The standard InChI is InChI=1S/C14H18ClNO4/c1-14(2,3)20-13(18)16-6-7-19-12-8-11(15)5-4-10(12)9-17/h4-5,8-9H,6-7H2,1-3H3,(H,16,18). The fourth-order valence-corrected chi connectivity index (χ4v) is 1.52. The molecule has 1 N–H and O–H groups in total. The van der Waals surface area contributed by atoms with Crippen LogP contribution in [0.15, 0.2) is 18.2 Å². The van der Waals surface area contributed by atoms with Crippen molar-refractivity contribution in [3.05, 3.63) is 28.8 Å². The van der Waals surface area contributed by atoms with Gasteiger partial charge in [-0.25, -0.2) is 4.79 Å². The van der Waals surface area contributed by atoms with Gasteiger partial charge in [0.15, 0.2) is 6.29 Å². The smallest absolute Gasteiger partial charge is 0.407 e. The van der Waals surface area contributed by atoms with E-state index in [4.69, 9.17) is 21.1 Å². The van der Waals surface area contributed by atoms with Crippen LogP contribution in [-0.4, -0.2) is 31.1 Å². The first-order valence-corrected chi connectivity index (χ1v) is 6.54.